The number of nitrogens with one attached hydrogen (secondary N) is 3. The number of para-hydroxylation sites is 1. The Labute approximate surface area is 214 Å². The molecule has 0 bridgehead atoms. The average molecular weight is 517 g/mol. The van der Waals surface area contributed by atoms with Gasteiger partial charge in [-0.2, -0.15) is 0 Å². The summed E-state index contributed by atoms with van der Waals surface area (Å²) in [6.07, 6.45) is 4.53. The number of hydrogen-bond acceptors (Lipinski definition) is 7. The molecule has 1 fully saturated rings. The summed E-state index contributed by atoms with van der Waals surface area (Å²) in [5.41, 5.74) is 13.6. The Morgan fingerprint density at radius 2 is 1.89 bits per heavy atom. The van der Waals surface area contributed by atoms with Gasteiger partial charge < -0.3 is 42.2 Å². The molecule has 1 saturated heterocycles. The normalized spacial score (nSPS) is 17.8. The second-order valence-electron chi connectivity index (χ2n) is 9.29. The minimum absolute atomic E-state index is 0.270. The monoisotopic (exact) mass is 516 g/mol. The van der Waals surface area contributed by atoms with Crippen molar-refractivity contribution in [2.75, 3.05) is 19.7 Å². The van der Waals surface area contributed by atoms with Gasteiger partial charge in [-0.1, -0.05) is 18.2 Å². The van der Waals surface area contributed by atoms with Crippen LogP contribution < -0.4 is 22.1 Å². The van der Waals surface area contributed by atoms with Crippen LogP contribution in [0, 0.1) is 0 Å². The number of hydrogen-bond donors (Lipinski definition) is 7. The van der Waals surface area contributed by atoms with Gasteiger partial charge in [0, 0.05) is 23.6 Å². The third kappa shape index (κ3) is 7.06. The van der Waals surface area contributed by atoms with Crippen molar-refractivity contribution in [1.29, 1.82) is 0 Å². The number of amides is 3. The van der Waals surface area contributed by atoms with E-state index in [0.29, 0.717) is 45.2 Å². The number of aliphatic hydroxyl groups excluding tert-OH is 1. The standard InChI is InChI=1S/C25H36N6O6/c26-10-4-3-8-19(24(35)31-11-5-9-21(31)23(34)30-20(14-32)25(36)37)29-22(33)17(27)12-15-13-28-18-7-2-1-6-16(15)18/h1-2,6-7,13,17,19-21,28,32H,3-5,8-12,14,26-27H2,(H,29,33)(H,30,34)(H,36,37). The van der Waals surface area contributed by atoms with Gasteiger partial charge in [0.1, 0.15) is 18.1 Å². The number of aliphatic carboxylic acids is 1. The van der Waals surface area contributed by atoms with Crippen molar-refractivity contribution in [3.8, 4) is 0 Å². The lowest BCUT2D eigenvalue weighted by atomic mass is 10.0. The molecule has 0 aliphatic carbocycles. The van der Waals surface area contributed by atoms with E-state index in [0.717, 1.165) is 16.5 Å². The van der Waals surface area contributed by atoms with Crippen LogP contribution in [0.25, 0.3) is 10.9 Å². The van der Waals surface area contributed by atoms with Crippen LogP contribution in [0.15, 0.2) is 30.5 Å². The fourth-order valence-electron chi connectivity index (χ4n) is 4.62. The van der Waals surface area contributed by atoms with Gasteiger partial charge in [-0.05, 0) is 56.7 Å². The van der Waals surface area contributed by atoms with Gasteiger partial charge in [-0.25, -0.2) is 4.79 Å². The Balaban J connectivity index is 1.69. The highest BCUT2D eigenvalue weighted by Crippen LogP contribution is 2.21. The fourth-order valence-corrected chi connectivity index (χ4v) is 4.62. The number of carbonyl (C=O) groups excluding carboxylic acids is 3. The molecule has 0 spiro atoms. The van der Waals surface area contributed by atoms with E-state index in [4.69, 9.17) is 16.6 Å². The number of aromatic nitrogens is 1. The maximum absolute atomic E-state index is 13.5. The highest BCUT2D eigenvalue weighted by atomic mass is 16.4. The molecule has 2 aromatic rings. The number of carboxylic acids is 1. The van der Waals surface area contributed by atoms with Crippen LogP contribution in [-0.2, 0) is 25.6 Å². The van der Waals surface area contributed by atoms with Crippen LogP contribution in [0.4, 0.5) is 0 Å². The first-order chi connectivity index (χ1) is 17.8. The number of nitrogens with two attached hydrogens (primary N) is 2. The number of aromatic amines is 1. The Kier molecular flexibility index (Phi) is 10.0. The molecular formula is C25H36N6O6. The third-order valence-electron chi connectivity index (χ3n) is 6.65. The number of benzene rings is 1. The van der Waals surface area contributed by atoms with E-state index in [1.165, 1.54) is 4.90 Å². The number of fused-ring (bicyclic) bond motifs is 1. The molecular weight excluding hydrogens is 480 g/mol. The summed E-state index contributed by atoms with van der Waals surface area (Å²) in [5.74, 6) is -2.95. The van der Waals surface area contributed by atoms with Gasteiger partial charge in [0.05, 0.1) is 12.6 Å². The lowest BCUT2D eigenvalue weighted by Crippen LogP contribution is -2.57. The van der Waals surface area contributed by atoms with Crippen molar-refractivity contribution in [3.63, 3.8) is 0 Å². The summed E-state index contributed by atoms with van der Waals surface area (Å²) >= 11 is 0. The van der Waals surface area contributed by atoms with Crippen molar-refractivity contribution in [2.24, 2.45) is 11.5 Å². The van der Waals surface area contributed by atoms with E-state index in [2.05, 4.69) is 15.6 Å². The molecule has 3 amide bonds. The molecule has 0 radical (unpaired) electrons. The first-order valence-electron chi connectivity index (χ1n) is 12.5. The predicted octanol–water partition coefficient (Wildman–Crippen LogP) is -0.796. The van der Waals surface area contributed by atoms with Crippen LogP contribution in [0.3, 0.4) is 0 Å². The molecule has 1 aromatic carbocycles. The Hall–Kier alpha value is -3.48. The zero-order chi connectivity index (χ0) is 26.9. The second-order valence-corrected chi connectivity index (χ2v) is 9.29. The summed E-state index contributed by atoms with van der Waals surface area (Å²) in [5, 5.41) is 24.4. The number of unbranched alkanes of at least 4 members (excludes halogenated alkanes) is 1. The van der Waals surface area contributed by atoms with E-state index in [1.807, 2.05) is 30.5 Å². The molecule has 4 unspecified atom stereocenters. The van der Waals surface area contributed by atoms with Gasteiger partial charge in [0.25, 0.3) is 0 Å². The number of nitrogens with zero attached hydrogens (tertiary/aromatic N) is 1. The SMILES string of the molecule is NCCCCC(NC(=O)C(N)Cc1c[nH]c2ccccc12)C(=O)N1CCCC1C(=O)NC(CO)C(=O)O. The van der Waals surface area contributed by atoms with E-state index in [9.17, 15) is 24.3 Å². The molecule has 3 rings (SSSR count). The Bertz CT molecular complexity index is 1100. The molecule has 9 N–H and O–H groups in total. The molecule has 1 aliphatic rings. The molecule has 37 heavy (non-hydrogen) atoms. The summed E-state index contributed by atoms with van der Waals surface area (Å²) in [6.45, 7) is -0.0479. The lowest BCUT2D eigenvalue weighted by Gasteiger charge is -2.30. The molecule has 4 atom stereocenters. The Morgan fingerprint density at radius 3 is 2.59 bits per heavy atom. The van der Waals surface area contributed by atoms with E-state index in [-0.39, 0.29) is 6.42 Å². The number of carboxylic acid groups (broad SMARTS) is 1. The number of carbonyl (C=O) groups is 4. The number of rotatable bonds is 13. The van der Waals surface area contributed by atoms with Gasteiger partial charge in [-0.3, -0.25) is 14.4 Å². The molecule has 12 nitrogen and oxygen atoms in total. The fraction of sp³-hybridized carbons (Fsp3) is 0.520. The maximum Gasteiger partial charge on any atom is 0.328 e. The number of likely N-dealkylation sites (tertiary alicyclic amines) is 1. The van der Waals surface area contributed by atoms with Crippen molar-refractivity contribution in [3.05, 3.63) is 36.0 Å². The third-order valence-corrected chi connectivity index (χ3v) is 6.65. The van der Waals surface area contributed by atoms with E-state index in [1.54, 1.807) is 0 Å². The van der Waals surface area contributed by atoms with Crippen LogP contribution in [-0.4, -0.2) is 87.7 Å². The van der Waals surface area contributed by atoms with Crippen LogP contribution in [0.2, 0.25) is 0 Å². The van der Waals surface area contributed by atoms with Crippen LogP contribution in [0.5, 0.6) is 0 Å². The van der Waals surface area contributed by atoms with Gasteiger partial charge in [0.15, 0.2) is 0 Å². The van der Waals surface area contributed by atoms with Crippen molar-refractivity contribution >= 4 is 34.6 Å². The first kappa shape index (κ1) is 28.1. The summed E-state index contributed by atoms with van der Waals surface area (Å²) < 4.78 is 0. The molecule has 12 heteroatoms. The minimum atomic E-state index is -1.47. The van der Waals surface area contributed by atoms with Crippen LogP contribution in [0.1, 0.15) is 37.7 Å². The average Bonchev–Trinajstić information content (AvgIpc) is 3.54. The topological polar surface area (TPSA) is 204 Å². The molecule has 1 aromatic heterocycles. The first-order valence-corrected chi connectivity index (χ1v) is 12.5. The van der Waals surface area contributed by atoms with Gasteiger partial charge in [-0.15, -0.1) is 0 Å². The number of H-pyrrole nitrogens is 1. The quantitative estimate of drug-likeness (QED) is 0.168. The van der Waals surface area contributed by atoms with E-state index < -0.39 is 54.5 Å². The minimum Gasteiger partial charge on any atom is -0.480 e. The predicted molar refractivity (Wildman–Crippen MR) is 136 cm³/mol. The second kappa shape index (κ2) is 13.2. The van der Waals surface area contributed by atoms with Crippen molar-refractivity contribution in [2.45, 2.75) is 62.7 Å². The summed E-state index contributed by atoms with van der Waals surface area (Å²) in [7, 11) is 0. The molecule has 0 saturated carbocycles. The molecule has 1 aliphatic heterocycles. The lowest BCUT2D eigenvalue weighted by molar-refractivity contribution is -0.145. The van der Waals surface area contributed by atoms with Crippen LogP contribution >= 0.6 is 0 Å². The largest absolute Gasteiger partial charge is 0.480 e. The summed E-state index contributed by atoms with van der Waals surface area (Å²) in [4.78, 5) is 54.9. The zero-order valence-electron chi connectivity index (χ0n) is 20.7. The number of aliphatic hydroxyl groups is 1. The highest BCUT2D eigenvalue weighted by molar-refractivity contribution is 5.94. The zero-order valence-corrected chi connectivity index (χ0v) is 20.7. The Morgan fingerprint density at radius 1 is 1.14 bits per heavy atom. The van der Waals surface area contributed by atoms with E-state index >= 15 is 0 Å². The smallest absolute Gasteiger partial charge is 0.328 e. The van der Waals surface area contributed by atoms with Gasteiger partial charge in [0.2, 0.25) is 17.7 Å². The van der Waals surface area contributed by atoms with Crippen molar-refractivity contribution in [1.82, 2.24) is 20.5 Å². The van der Waals surface area contributed by atoms with Crippen molar-refractivity contribution < 1.29 is 29.4 Å². The molecule has 2 heterocycles. The summed E-state index contributed by atoms with van der Waals surface area (Å²) in [6, 6.07) is 3.51. The highest BCUT2D eigenvalue weighted by Gasteiger charge is 2.39. The molecule has 202 valence electrons. The maximum atomic E-state index is 13.5. The van der Waals surface area contributed by atoms with Gasteiger partial charge >= 0.3 is 5.97 Å².